The lowest BCUT2D eigenvalue weighted by Crippen LogP contribution is -2.05. The second-order valence-corrected chi connectivity index (χ2v) is 4.40. The molecule has 1 aliphatic carbocycles. The van der Waals surface area contributed by atoms with E-state index in [4.69, 9.17) is 5.73 Å². The van der Waals surface area contributed by atoms with E-state index in [1.165, 1.54) is 12.8 Å². The van der Waals surface area contributed by atoms with Crippen molar-refractivity contribution in [3.8, 4) is 0 Å². The lowest BCUT2D eigenvalue weighted by atomic mass is 9.95. The molecule has 2 N–H and O–H groups in total. The molecule has 82 valence electrons. The molecule has 0 heterocycles. The molecule has 1 aromatic carbocycles. The second-order valence-electron chi connectivity index (χ2n) is 4.40. The summed E-state index contributed by atoms with van der Waals surface area (Å²) < 4.78 is 14.1. The van der Waals surface area contributed by atoms with Crippen LogP contribution in [0.15, 0.2) is 24.3 Å². The maximum absolute atomic E-state index is 14.1. The van der Waals surface area contributed by atoms with Crippen molar-refractivity contribution in [1.82, 2.24) is 0 Å². The van der Waals surface area contributed by atoms with Gasteiger partial charge in [-0.25, -0.2) is 4.39 Å². The first-order valence-corrected chi connectivity index (χ1v) is 5.74. The molecule has 0 aliphatic heterocycles. The average Bonchev–Trinajstić information content (AvgIpc) is 2.81. The fourth-order valence-corrected chi connectivity index (χ4v) is 2.41. The Morgan fingerprint density at radius 2 is 2.07 bits per heavy atom. The summed E-state index contributed by atoms with van der Waals surface area (Å²) in [5.74, 6) is 0.234. The number of benzene rings is 1. The Kier molecular flexibility index (Phi) is 3.37. The molecule has 1 aliphatic rings. The summed E-state index contributed by atoms with van der Waals surface area (Å²) in [6.07, 6.45) is 3.64. The predicted octanol–water partition coefficient (Wildman–Crippen LogP) is 3.35. The van der Waals surface area contributed by atoms with Gasteiger partial charge in [0.1, 0.15) is 6.17 Å². The zero-order valence-corrected chi connectivity index (χ0v) is 8.95. The van der Waals surface area contributed by atoms with Crippen LogP contribution in [0.25, 0.3) is 0 Å². The van der Waals surface area contributed by atoms with E-state index in [0.717, 1.165) is 24.0 Å². The fraction of sp³-hybridized carbons (Fsp3) is 0.538. The molecule has 1 atom stereocenters. The summed E-state index contributed by atoms with van der Waals surface area (Å²) in [6, 6.07) is 7.63. The minimum Gasteiger partial charge on any atom is -0.326 e. The molecule has 1 fully saturated rings. The van der Waals surface area contributed by atoms with Crippen molar-refractivity contribution >= 4 is 0 Å². The Bertz CT molecular complexity index is 318. The molecule has 1 unspecified atom stereocenters. The normalized spacial score (nSPS) is 19.3. The highest BCUT2D eigenvalue weighted by Crippen LogP contribution is 2.38. The number of halogens is 1. The molecule has 0 aromatic heterocycles. The van der Waals surface area contributed by atoms with Gasteiger partial charge in [0.2, 0.25) is 0 Å². The standard InChI is InChI=1S/C13H18FN/c14-13(11-5-1-2-6-11)12-7-3-4-10(8-12)9-15/h3-4,7-8,11,13H,1-2,5-6,9,15H2. The van der Waals surface area contributed by atoms with Crippen molar-refractivity contribution in [2.24, 2.45) is 11.7 Å². The quantitative estimate of drug-likeness (QED) is 0.808. The summed E-state index contributed by atoms with van der Waals surface area (Å²) >= 11 is 0. The Balaban J connectivity index is 2.13. The van der Waals surface area contributed by atoms with Crippen LogP contribution in [-0.4, -0.2) is 0 Å². The Labute approximate surface area is 90.5 Å². The highest BCUT2D eigenvalue weighted by molar-refractivity contribution is 5.25. The zero-order chi connectivity index (χ0) is 10.7. The number of alkyl halides is 1. The maximum Gasteiger partial charge on any atom is 0.128 e. The van der Waals surface area contributed by atoms with Gasteiger partial charge < -0.3 is 5.73 Å². The smallest absolute Gasteiger partial charge is 0.128 e. The van der Waals surface area contributed by atoms with E-state index in [-0.39, 0.29) is 5.92 Å². The van der Waals surface area contributed by atoms with Gasteiger partial charge in [-0.05, 0) is 29.9 Å². The molecule has 2 heteroatoms. The molecule has 0 amide bonds. The van der Waals surface area contributed by atoms with Crippen LogP contribution in [-0.2, 0) is 6.54 Å². The van der Waals surface area contributed by atoms with E-state index in [2.05, 4.69) is 0 Å². The first kappa shape index (κ1) is 10.6. The Hall–Kier alpha value is -0.890. The molecule has 0 spiro atoms. The van der Waals surface area contributed by atoms with Crippen molar-refractivity contribution in [1.29, 1.82) is 0 Å². The van der Waals surface area contributed by atoms with Crippen LogP contribution in [0.2, 0.25) is 0 Å². The largest absolute Gasteiger partial charge is 0.326 e. The van der Waals surface area contributed by atoms with E-state index in [9.17, 15) is 4.39 Å². The van der Waals surface area contributed by atoms with Crippen molar-refractivity contribution in [3.63, 3.8) is 0 Å². The van der Waals surface area contributed by atoms with E-state index in [1.807, 2.05) is 24.3 Å². The fourth-order valence-electron chi connectivity index (χ4n) is 2.41. The molecule has 15 heavy (non-hydrogen) atoms. The van der Waals surface area contributed by atoms with Gasteiger partial charge in [-0.2, -0.15) is 0 Å². The Morgan fingerprint density at radius 3 is 2.73 bits per heavy atom. The number of hydrogen-bond donors (Lipinski definition) is 1. The predicted molar refractivity (Wildman–Crippen MR) is 60.1 cm³/mol. The third-order valence-corrected chi connectivity index (χ3v) is 3.32. The third-order valence-electron chi connectivity index (χ3n) is 3.32. The average molecular weight is 207 g/mol. The minimum atomic E-state index is -0.793. The van der Waals surface area contributed by atoms with E-state index in [1.54, 1.807) is 0 Å². The maximum atomic E-state index is 14.1. The summed E-state index contributed by atoms with van der Waals surface area (Å²) in [6.45, 7) is 0.491. The van der Waals surface area contributed by atoms with Gasteiger partial charge in [-0.3, -0.25) is 0 Å². The zero-order valence-electron chi connectivity index (χ0n) is 8.95. The van der Waals surface area contributed by atoms with E-state index in [0.29, 0.717) is 6.54 Å². The first-order chi connectivity index (χ1) is 7.31. The van der Waals surface area contributed by atoms with E-state index < -0.39 is 6.17 Å². The molecular weight excluding hydrogens is 189 g/mol. The first-order valence-electron chi connectivity index (χ1n) is 5.74. The molecule has 2 rings (SSSR count). The van der Waals surface area contributed by atoms with Gasteiger partial charge >= 0.3 is 0 Å². The number of hydrogen-bond acceptors (Lipinski definition) is 1. The van der Waals surface area contributed by atoms with Crippen LogP contribution < -0.4 is 5.73 Å². The molecule has 0 radical (unpaired) electrons. The van der Waals surface area contributed by atoms with Gasteiger partial charge in [0, 0.05) is 6.54 Å². The SMILES string of the molecule is NCc1cccc(C(F)C2CCCC2)c1. The van der Waals surface area contributed by atoms with Crippen molar-refractivity contribution in [3.05, 3.63) is 35.4 Å². The number of nitrogens with two attached hydrogens (primary N) is 1. The molecule has 1 nitrogen and oxygen atoms in total. The molecule has 1 aromatic rings. The Morgan fingerprint density at radius 1 is 1.33 bits per heavy atom. The van der Waals surface area contributed by atoms with Gasteiger partial charge in [-0.1, -0.05) is 37.1 Å². The van der Waals surface area contributed by atoms with Crippen LogP contribution >= 0.6 is 0 Å². The van der Waals surface area contributed by atoms with Crippen LogP contribution in [0.1, 0.15) is 43.0 Å². The molecule has 1 saturated carbocycles. The van der Waals surface area contributed by atoms with Crippen LogP contribution in [0, 0.1) is 5.92 Å². The second kappa shape index (κ2) is 4.75. The van der Waals surface area contributed by atoms with Crippen LogP contribution in [0.5, 0.6) is 0 Å². The molecular formula is C13H18FN. The lowest BCUT2D eigenvalue weighted by molar-refractivity contribution is 0.235. The third kappa shape index (κ3) is 2.37. The van der Waals surface area contributed by atoms with E-state index >= 15 is 0 Å². The van der Waals surface area contributed by atoms with Crippen molar-refractivity contribution in [2.45, 2.75) is 38.4 Å². The van der Waals surface area contributed by atoms with Gasteiger partial charge in [0.05, 0.1) is 0 Å². The summed E-state index contributed by atoms with van der Waals surface area (Å²) in [5, 5.41) is 0. The lowest BCUT2D eigenvalue weighted by Gasteiger charge is -2.16. The van der Waals surface area contributed by atoms with Crippen LogP contribution in [0.3, 0.4) is 0 Å². The summed E-state index contributed by atoms with van der Waals surface area (Å²) in [7, 11) is 0. The highest BCUT2D eigenvalue weighted by atomic mass is 19.1. The van der Waals surface area contributed by atoms with Crippen molar-refractivity contribution in [2.75, 3.05) is 0 Å². The van der Waals surface area contributed by atoms with Gasteiger partial charge in [0.25, 0.3) is 0 Å². The van der Waals surface area contributed by atoms with Gasteiger partial charge in [-0.15, -0.1) is 0 Å². The topological polar surface area (TPSA) is 26.0 Å². The van der Waals surface area contributed by atoms with Crippen LogP contribution in [0.4, 0.5) is 4.39 Å². The highest BCUT2D eigenvalue weighted by Gasteiger charge is 2.25. The minimum absolute atomic E-state index is 0.234. The number of rotatable bonds is 3. The van der Waals surface area contributed by atoms with Gasteiger partial charge in [0.15, 0.2) is 0 Å². The molecule has 0 saturated heterocycles. The summed E-state index contributed by atoms with van der Waals surface area (Å²) in [4.78, 5) is 0. The molecule has 0 bridgehead atoms. The van der Waals surface area contributed by atoms with Crippen molar-refractivity contribution < 1.29 is 4.39 Å². The monoisotopic (exact) mass is 207 g/mol. The summed E-state index contributed by atoms with van der Waals surface area (Å²) in [5.41, 5.74) is 7.38.